The maximum atomic E-state index is 13.0. The van der Waals surface area contributed by atoms with E-state index < -0.39 is 15.6 Å². The third kappa shape index (κ3) is 3.68. The number of aryl methyl sites for hydroxylation is 1. The zero-order valence-electron chi connectivity index (χ0n) is 13.8. The average molecular weight is 349 g/mol. The molecule has 24 heavy (non-hydrogen) atoms. The van der Waals surface area contributed by atoms with Crippen LogP contribution in [0.5, 0.6) is 0 Å². The smallest absolute Gasteiger partial charge is 0.246 e. The fraction of sp³-hybridized carbons (Fsp3) is 0.471. The lowest BCUT2D eigenvalue weighted by molar-refractivity contribution is 0.0279. The molecule has 1 aliphatic carbocycles. The number of rotatable bonds is 6. The summed E-state index contributed by atoms with van der Waals surface area (Å²) in [4.78, 5) is 0.155. The zero-order chi connectivity index (χ0) is 17.2. The second-order valence-corrected chi connectivity index (χ2v) is 8.48. The standard InChI is InChI=1S/C17H23N3O3S/c1-19-13-16(11-18-19)24(22,23)20(12-15-7-3-2-4-8-15)14-17(21)9-5-6-10-17/h2-4,7-8,11,13,21H,5-6,9-10,12,14H2,1H3. The molecule has 0 spiro atoms. The van der Waals surface area contributed by atoms with Crippen LogP contribution in [0.4, 0.5) is 0 Å². The van der Waals surface area contributed by atoms with Gasteiger partial charge in [0.15, 0.2) is 0 Å². The summed E-state index contributed by atoms with van der Waals surface area (Å²) in [5.41, 5.74) is -0.0455. The molecule has 1 aliphatic rings. The average Bonchev–Trinajstić information content (AvgIpc) is 3.17. The molecule has 0 aliphatic heterocycles. The Morgan fingerprint density at radius 3 is 2.50 bits per heavy atom. The molecule has 0 radical (unpaired) electrons. The van der Waals surface area contributed by atoms with Crippen molar-refractivity contribution in [3.63, 3.8) is 0 Å². The summed E-state index contributed by atoms with van der Waals surface area (Å²) >= 11 is 0. The van der Waals surface area contributed by atoms with Gasteiger partial charge in [-0.2, -0.15) is 9.40 Å². The van der Waals surface area contributed by atoms with E-state index in [4.69, 9.17) is 0 Å². The Bertz CT molecular complexity index is 780. The van der Waals surface area contributed by atoms with Gasteiger partial charge in [-0.25, -0.2) is 8.42 Å². The molecule has 0 bridgehead atoms. The normalized spacial score (nSPS) is 17.5. The van der Waals surface area contributed by atoms with Gasteiger partial charge in [0, 0.05) is 26.3 Å². The zero-order valence-corrected chi connectivity index (χ0v) is 14.6. The van der Waals surface area contributed by atoms with Crippen LogP contribution in [0.3, 0.4) is 0 Å². The van der Waals surface area contributed by atoms with Crippen LogP contribution < -0.4 is 0 Å². The Morgan fingerprint density at radius 2 is 1.92 bits per heavy atom. The molecule has 1 heterocycles. The molecule has 1 aromatic heterocycles. The monoisotopic (exact) mass is 349 g/mol. The highest BCUT2D eigenvalue weighted by molar-refractivity contribution is 7.89. The van der Waals surface area contributed by atoms with Crippen LogP contribution in [-0.4, -0.2) is 39.8 Å². The van der Waals surface area contributed by atoms with Gasteiger partial charge in [-0.15, -0.1) is 0 Å². The highest BCUT2D eigenvalue weighted by atomic mass is 32.2. The van der Waals surface area contributed by atoms with Crippen LogP contribution in [-0.2, 0) is 23.6 Å². The minimum atomic E-state index is -3.71. The third-order valence-corrected chi connectivity index (χ3v) is 6.27. The largest absolute Gasteiger partial charge is 0.389 e. The van der Waals surface area contributed by atoms with Crippen LogP contribution in [0.15, 0.2) is 47.6 Å². The van der Waals surface area contributed by atoms with Crippen LogP contribution >= 0.6 is 0 Å². The van der Waals surface area contributed by atoms with Gasteiger partial charge in [-0.05, 0) is 18.4 Å². The maximum absolute atomic E-state index is 13.0. The van der Waals surface area contributed by atoms with E-state index in [0.29, 0.717) is 12.8 Å². The maximum Gasteiger partial charge on any atom is 0.246 e. The molecule has 1 aromatic carbocycles. The number of sulfonamides is 1. The lowest BCUT2D eigenvalue weighted by Crippen LogP contribution is -2.43. The van der Waals surface area contributed by atoms with Gasteiger partial charge in [-0.3, -0.25) is 4.68 Å². The van der Waals surface area contributed by atoms with E-state index in [0.717, 1.165) is 18.4 Å². The van der Waals surface area contributed by atoms with Crippen molar-refractivity contribution in [2.24, 2.45) is 7.05 Å². The minimum Gasteiger partial charge on any atom is -0.389 e. The molecule has 0 saturated heterocycles. The Kier molecular flexibility index (Phi) is 4.76. The van der Waals surface area contributed by atoms with Gasteiger partial charge in [0.1, 0.15) is 4.90 Å². The number of nitrogens with zero attached hydrogens (tertiary/aromatic N) is 3. The van der Waals surface area contributed by atoms with E-state index in [1.165, 1.54) is 21.4 Å². The van der Waals surface area contributed by atoms with Crippen molar-refractivity contribution in [1.29, 1.82) is 0 Å². The van der Waals surface area contributed by atoms with Crippen LogP contribution in [0.25, 0.3) is 0 Å². The first kappa shape index (κ1) is 17.1. The fourth-order valence-corrected chi connectivity index (χ4v) is 4.71. The van der Waals surface area contributed by atoms with E-state index in [1.807, 2.05) is 30.3 Å². The number of benzene rings is 1. The van der Waals surface area contributed by atoms with Crippen LogP contribution in [0.1, 0.15) is 31.2 Å². The molecule has 6 nitrogen and oxygen atoms in total. The minimum absolute atomic E-state index is 0.110. The third-order valence-electron chi connectivity index (χ3n) is 4.53. The van der Waals surface area contributed by atoms with Crippen LogP contribution in [0, 0.1) is 0 Å². The molecule has 1 fully saturated rings. The number of hydrogen-bond donors (Lipinski definition) is 1. The Balaban J connectivity index is 1.91. The fourth-order valence-electron chi connectivity index (χ4n) is 3.21. The number of hydrogen-bond acceptors (Lipinski definition) is 4. The van der Waals surface area contributed by atoms with Crippen molar-refractivity contribution in [2.75, 3.05) is 6.54 Å². The Labute approximate surface area is 142 Å². The molecule has 1 N–H and O–H groups in total. The molecule has 7 heteroatoms. The predicted octanol–water partition coefficient (Wildman–Crippen LogP) is 1.92. The lowest BCUT2D eigenvalue weighted by atomic mass is 10.0. The van der Waals surface area contributed by atoms with Crippen LogP contribution in [0.2, 0.25) is 0 Å². The Morgan fingerprint density at radius 1 is 1.25 bits per heavy atom. The summed E-state index contributed by atoms with van der Waals surface area (Å²) in [6.07, 6.45) is 5.99. The molecule has 1 saturated carbocycles. The van der Waals surface area contributed by atoms with Gasteiger partial charge in [0.25, 0.3) is 0 Å². The molecule has 0 amide bonds. The summed E-state index contributed by atoms with van der Waals surface area (Å²) in [7, 11) is -2.03. The first-order valence-electron chi connectivity index (χ1n) is 8.14. The van der Waals surface area contributed by atoms with Gasteiger partial charge in [0.2, 0.25) is 10.0 Å². The number of aliphatic hydroxyl groups is 1. The van der Waals surface area contributed by atoms with E-state index in [2.05, 4.69) is 5.10 Å². The molecule has 3 rings (SSSR count). The molecular weight excluding hydrogens is 326 g/mol. The van der Waals surface area contributed by atoms with Gasteiger partial charge >= 0.3 is 0 Å². The highest BCUT2D eigenvalue weighted by Crippen LogP contribution is 2.32. The number of aromatic nitrogens is 2. The van der Waals surface area contributed by atoms with Gasteiger partial charge in [0.05, 0.1) is 11.8 Å². The summed E-state index contributed by atoms with van der Waals surface area (Å²) in [6.45, 7) is 0.347. The Hall–Kier alpha value is -1.70. The molecular formula is C17H23N3O3S. The molecule has 0 unspecified atom stereocenters. The van der Waals surface area contributed by atoms with Crippen molar-refractivity contribution in [3.8, 4) is 0 Å². The molecule has 2 aromatic rings. The molecule has 130 valence electrons. The second-order valence-electron chi connectivity index (χ2n) is 6.54. The summed E-state index contributed by atoms with van der Waals surface area (Å²) < 4.78 is 28.9. The van der Waals surface area contributed by atoms with E-state index in [1.54, 1.807) is 7.05 Å². The highest BCUT2D eigenvalue weighted by Gasteiger charge is 2.37. The van der Waals surface area contributed by atoms with Crippen molar-refractivity contribution in [1.82, 2.24) is 14.1 Å². The first-order valence-corrected chi connectivity index (χ1v) is 9.58. The van der Waals surface area contributed by atoms with E-state index in [-0.39, 0.29) is 18.0 Å². The van der Waals surface area contributed by atoms with Crippen molar-refractivity contribution < 1.29 is 13.5 Å². The van der Waals surface area contributed by atoms with Gasteiger partial charge in [-0.1, -0.05) is 43.2 Å². The van der Waals surface area contributed by atoms with Crippen molar-refractivity contribution >= 4 is 10.0 Å². The molecule has 0 atom stereocenters. The second kappa shape index (κ2) is 6.66. The van der Waals surface area contributed by atoms with E-state index >= 15 is 0 Å². The SMILES string of the molecule is Cn1cc(S(=O)(=O)N(Cc2ccccc2)CC2(O)CCCC2)cn1. The quantitative estimate of drug-likeness (QED) is 0.864. The predicted molar refractivity (Wildman–Crippen MR) is 90.7 cm³/mol. The summed E-state index contributed by atoms with van der Waals surface area (Å²) in [6, 6.07) is 9.45. The van der Waals surface area contributed by atoms with Crippen molar-refractivity contribution in [3.05, 3.63) is 48.3 Å². The summed E-state index contributed by atoms with van der Waals surface area (Å²) in [5.74, 6) is 0. The first-order chi connectivity index (χ1) is 11.4. The van der Waals surface area contributed by atoms with E-state index in [9.17, 15) is 13.5 Å². The lowest BCUT2D eigenvalue weighted by Gasteiger charge is -2.30. The summed E-state index contributed by atoms with van der Waals surface area (Å²) in [5, 5.41) is 14.7. The van der Waals surface area contributed by atoms with Crippen molar-refractivity contribution in [2.45, 2.75) is 42.7 Å². The topological polar surface area (TPSA) is 75.4 Å². The van der Waals surface area contributed by atoms with Gasteiger partial charge < -0.3 is 5.11 Å².